The third-order valence-corrected chi connectivity index (χ3v) is 1.22. The number of nitrogen functional groups attached to an aromatic ring is 1. The van der Waals surface area contributed by atoms with E-state index in [0.717, 1.165) is 18.2 Å². The molecule has 0 radical (unpaired) electrons. The molecule has 0 unspecified atom stereocenters. The molecule has 0 heterocycles. The van der Waals surface area contributed by atoms with Crippen molar-refractivity contribution in [2.75, 3.05) is 0 Å². The largest absolute Gasteiger partial charge is 0.384 e. The lowest BCUT2D eigenvalue weighted by molar-refractivity contribution is 0.597. The van der Waals surface area contributed by atoms with Crippen molar-refractivity contribution in [3.63, 3.8) is 0 Å². The van der Waals surface area contributed by atoms with Crippen LogP contribution >= 0.6 is 0 Å². The van der Waals surface area contributed by atoms with E-state index in [1.807, 2.05) is 0 Å². The number of nitrogens with one attached hydrogen (secondary N) is 1. The Balaban J connectivity index is 3.23. The highest BCUT2D eigenvalue weighted by Gasteiger charge is 2.04. The summed E-state index contributed by atoms with van der Waals surface area (Å²) in [5.41, 5.74) is 4.76. The molecule has 1 aromatic rings. The van der Waals surface area contributed by atoms with Gasteiger partial charge >= 0.3 is 0 Å². The van der Waals surface area contributed by atoms with Crippen molar-refractivity contribution in [1.29, 1.82) is 5.41 Å². The minimum atomic E-state index is -0.682. The Bertz CT molecular complexity index is 296. The van der Waals surface area contributed by atoms with Gasteiger partial charge in [0.2, 0.25) is 0 Å². The summed E-state index contributed by atoms with van der Waals surface area (Å²) in [4.78, 5) is 0. The quantitative estimate of drug-likeness (QED) is 0.466. The standard InChI is InChI=1S/C7H6F2N2/c8-4-1-2-6(9)5(3-4)7(10)11/h1-3H,(H3,10,11). The fraction of sp³-hybridized carbons (Fsp3) is 0. The van der Waals surface area contributed by atoms with Crippen molar-refractivity contribution in [2.24, 2.45) is 5.73 Å². The van der Waals surface area contributed by atoms with Crippen LogP contribution in [-0.4, -0.2) is 5.84 Å². The molecule has 1 rings (SSSR count). The van der Waals surface area contributed by atoms with Gasteiger partial charge in [0.15, 0.2) is 0 Å². The van der Waals surface area contributed by atoms with Gasteiger partial charge in [-0.2, -0.15) is 0 Å². The maximum absolute atomic E-state index is 12.6. The third kappa shape index (κ3) is 1.52. The normalized spacial score (nSPS) is 9.64. The second-order valence-corrected chi connectivity index (χ2v) is 2.04. The Morgan fingerprint density at radius 1 is 1.36 bits per heavy atom. The van der Waals surface area contributed by atoms with E-state index in [1.165, 1.54) is 0 Å². The number of hydrogen-bond acceptors (Lipinski definition) is 1. The van der Waals surface area contributed by atoms with Crippen LogP contribution in [0.15, 0.2) is 18.2 Å². The van der Waals surface area contributed by atoms with Gasteiger partial charge < -0.3 is 5.73 Å². The number of benzene rings is 1. The second-order valence-electron chi connectivity index (χ2n) is 2.04. The molecular weight excluding hydrogens is 150 g/mol. The van der Waals surface area contributed by atoms with Crippen LogP contribution in [0.2, 0.25) is 0 Å². The van der Waals surface area contributed by atoms with Crippen LogP contribution < -0.4 is 5.73 Å². The SMILES string of the molecule is N=C(N)c1cc(F)ccc1F. The number of nitrogens with two attached hydrogens (primary N) is 1. The summed E-state index contributed by atoms with van der Waals surface area (Å²) in [7, 11) is 0. The summed E-state index contributed by atoms with van der Waals surface area (Å²) in [6.07, 6.45) is 0. The molecule has 1 aromatic carbocycles. The highest BCUT2D eigenvalue weighted by Crippen LogP contribution is 2.07. The van der Waals surface area contributed by atoms with Crippen molar-refractivity contribution >= 4 is 5.84 Å². The highest BCUT2D eigenvalue weighted by atomic mass is 19.1. The highest BCUT2D eigenvalue weighted by molar-refractivity contribution is 5.95. The zero-order chi connectivity index (χ0) is 8.43. The van der Waals surface area contributed by atoms with Gasteiger partial charge in [-0.3, -0.25) is 5.41 Å². The lowest BCUT2D eigenvalue weighted by Crippen LogP contribution is -2.13. The monoisotopic (exact) mass is 156 g/mol. The Labute approximate surface area is 62.2 Å². The number of amidine groups is 1. The Hall–Kier alpha value is -1.45. The summed E-state index contributed by atoms with van der Waals surface area (Å²) in [6, 6.07) is 2.80. The Morgan fingerprint density at radius 3 is 2.45 bits per heavy atom. The van der Waals surface area contributed by atoms with Gasteiger partial charge in [0.25, 0.3) is 0 Å². The van der Waals surface area contributed by atoms with Gasteiger partial charge in [0.05, 0.1) is 5.56 Å². The first-order valence-electron chi connectivity index (χ1n) is 2.90. The van der Waals surface area contributed by atoms with Crippen LogP contribution in [-0.2, 0) is 0 Å². The molecule has 0 fully saturated rings. The second kappa shape index (κ2) is 2.65. The molecule has 0 saturated carbocycles. The van der Waals surface area contributed by atoms with E-state index in [1.54, 1.807) is 0 Å². The summed E-state index contributed by atoms with van der Waals surface area (Å²) in [6.45, 7) is 0. The fourth-order valence-corrected chi connectivity index (χ4v) is 0.704. The minimum absolute atomic E-state index is 0.204. The van der Waals surface area contributed by atoms with Crippen molar-refractivity contribution < 1.29 is 8.78 Å². The number of halogens is 2. The van der Waals surface area contributed by atoms with Crippen LogP contribution in [0.1, 0.15) is 5.56 Å². The van der Waals surface area contributed by atoms with Crippen molar-refractivity contribution in [2.45, 2.75) is 0 Å². The van der Waals surface area contributed by atoms with E-state index in [0.29, 0.717) is 0 Å². The van der Waals surface area contributed by atoms with E-state index in [9.17, 15) is 8.78 Å². The van der Waals surface area contributed by atoms with Crippen molar-refractivity contribution in [3.8, 4) is 0 Å². The molecule has 4 heteroatoms. The molecule has 0 aliphatic carbocycles. The van der Waals surface area contributed by atoms with E-state index >= 15 is 0 Å². The predicted molar refractivity (Wildman–Crippen MR) is 37.4 cm³/mol. The molecule has 0 saturated heterocycles. The van der Waals surface area contributed by atoms with Gasteiger partial charge in [0.1, 0.15) is 17.5 Å². The zero-order valence-corrected chi connectivity index (χ0v) is 5.57. The molecule has 2 nitrogen and oxygen atoms in total. The summed E-state index contributed by atoms with van der Waals surface area (Å²) in [5, 5.41) is 6.84. The maximum Gasteiger partial charge on any atom is 0.134 e. The molecule has 11 heavy (non-hydrogen) atoms. The van der Waals surface area contributed by atoms with E-state index in [2.05, 4.69) is 0 Å². The minimum Gasteiger partial charge on any atom is -0.384 e. The molecule has 0 atom stereocenters. The third-order valence-electron chi connectivity index (χ3n) is 1.22. The summed E-state index contributed by atoms with van der Waals surface area (Å²) < 4.78 is 25.0. The topological polar surface area (TPSA) is 49.9 Å². The van der Waals surface area contributed by atoms with Crippen LogP contribution in [0.5, 0.6) is 0 Å². The van der Waals surface area contributed by atoms with Crippen molar-refractivity contribution in [1.82, 2.24) is 0 Å². The first-order valence-corrected chi connectivity index (χ1v) is 2.90. The van der Waals surface area contributed by atoms with Gasteiger partial charge in [-0.05, 0) is 18.2 Å². The maximum atomic E-state index is 12.6. The van der Waals surface area contributed by atoms with E-state index in [-0.39, 0.29) is 5.56 Å². The van der Waals surface area contributed by atoms with Gasteiger partial charge in [-0.25, -0.2) is 8.78 Å². The molecule has 0 aromatic heterocycles. The van der Waals surface area contributed by atoms with E-state index in [4.69, 9.17) is 11.1 Å². The molecule has 3 N–H and O–H groups in total. The zero-order valence-electron chi connectivity index (χ0n) is 5.57. The summed E-state index contributed by atoms with van der Waals surface area (Å²) >= 11 is 0. The molecule has 58 valence electrons. The average molecular weight is 156 g/mol. The Kier molecular flexibility index (Phi) is 1.85. The van der Waals surface area contributed by atoms with Crippen LogP contribution in [0, 0.1) is 17.0 Å². The Morgan fingerprint density at radius 2 is 2.00 bits per heavy atom. The van der Waals surface area contributed by atoms with Crippen LogP contribution in [0.25, 0.3) is 0 Å². The smallest absolute Gasteiger partial charge is 0.134 e. The van der Waals surface area contributed by atoms with E-state index < -0.39 is 17.5 Å². The molecule has 0 amide bonds. The van der Waals surface area contributed by atoms with Gasteiger partial charge in [0, 0.05) is 0 Å². The number of rotatable bonds is 1. The molecule has 0 aliphatic heterocycles. The molecule has 0 spiro atoms. The lowest BCUT2D eigenvalue weighted by atomic mass is 10.2. The van der Waals surface area contributed by atoms with Crippen LogP contribution in [0.3, 0.4) is 0 Å². The van der Waals surface area contributed by atoms with Gasteiger partial charge in [-0.1, -0.05) is 0 Å². The van der Waals surface area contributed by atoms with Crippen molar-refractivity contribution in [3.05, 3.63) is 35.4 Å². The molecular formula is C7H6F2N2. The fourth-order valence-electron chi connectivity index (χ4n) is 0.704. The molecule has 0 bridgehead atoms. The first-order chi connectivity index (χ1) is 5.11. The molecule has 0 aliphatic rings. The predicted octanol–water partition coefficient (Wildman–Crippen LogP) is 1.25. The van der Waals surface area contributed by atoms with Crippen LogP contribution in [0.4, 0.5) is 8.78 Å². The first kappa shape index (κ1) is 7.65. The number of hydrogen-bond donors (Lipinski definition) is 2. The summed E-state index contributed by atoms with van der Waals surface area (Å²) in [5.74, 6) is -1.75. The average Bonchev–Trinajstić information content (AvgIpc) is 1.94. The van der Waals surface area contributed by atoms with Gasteiger partial charge in [-0.15, -0.1) is 0 Å². The lowest BCUT2D eigenvalue weighted by Gasteiger charge is -1.98.